The van der Waals surface area contributed by atoms with E-state index < -0.39 is 0 Å². The quantitative estimate of drug-likeness (QED) is 0.293. The van der Waals surface area contributed by atoms with Crippen LogP contribution in [-0.2, 0) is 4.74 Å². The van der Waals surface area contributed by atoms with Gasteiger partial charge in [0.1, 0.15) is 5.84 Å². The van der Waals surface area contributed by atoms with Gasteiger partial charge in [0, 0.05) is 32.7 Å². The predicted octanol–water partition coefficient (Wildman–Crippen LogP) is 0.0896. The first-order chi connectivity index (χ1) is 6.67. The third kappa shape index (κ3) is 2.85. The zero-order chi connectivity index (χ0) is 10.6. The lowest BCUT2D eigenvalue weighted by molar-refractivity contribution is 0.107. The van der Waals surface area contributed by atoms with E-state index in [1.165, 1.54) is 0 Å². The van der Waals surface area contributed by atoms with Crippen LogP contribution in [-0.4, -0.2) is 48.8 Å². The molecule has 0 amide bonds. The van der Waals surface area contributed by atoms with Crippen molar-refractivity contribution >= 4 is 5.84 Å². The Morgan fingerprint density at radius 3 is 3.00 bits per heavy atom. The average molecular weight is 201 g/mol. The summed E-state index contributed by atoms with van der Waals surface area (Å²) >= 11 is 0. The smallest absolute Gasteiger partial charge is 0.143 e. The van der Waals surface area contributed by atoms with Crippen LogP contribution in [0.3, 0.4) is 0 Å². The van der Waals surface area contributed by atoms with Crippen molar-refractivity contribution in [2.45, 2.75) is 19.4 Å². The van der Waals surface area contributed by atoms with E-state index in [0.29, 0.717) is 11.9 Å². The molecule has 1 aliphatic heterocycles. The Labute approximate surface area is 84.5 Å². The number of nitrogens with zero attached hydrogens (tertiary/aromatic N) is 2. The molecule has 1 heterocycles. The molecule has 5 heteroatoms. The summed E-state index contributed by atoms with van der Waals surface area (Å²) in [5, 5.41) is 11.5. The first-order valence-corrected chi connectivity index (χ1v) is 4.90. The second kappa shape index (κ2) is 5.17. The second-order valence-corrected chi connectivity index (χ2v) is 3.83. The highest BCUT2D eigenvalue weighted by atomic mass is 16.5. The van der Waals surface area contributed by atoms with Crippen LogP contribution in [0.1, 0.15) is 13.3 Å². The molecule has 82 valence electrons. The molecule has 0 aromatic rings. The van der Waals surface area contributed by atoms with Crippen LogP contribution in [0.2, 0.25) is 0 Å². The molecule has 1 aliphatic rings. The van der Waals surface area contributed by atoms with E-state index in [0.717, 1.165) is 26.1 Å². The number of likely N-dealkylation sites (tertiary alicyclic amines) is 1. The van der Waals surface area contributed by atoms with Crippen LogP contribution in [0.5, 0.6) is 0 Å². The van der Waals surface area contributed by atoms with Gasteiger partial charge in [0.15, 0.2) is 0 Å². The van der Waals surface area contributed by atoms with Crippen molar-refractivity contribution in [3.05, 3.63) is 0 Å². The van der Waals surface area contributed by atoms with Crippen LogP contribution in [0.25, 0.3) is 0 Å². The van der Waals surface area contributed by atoms with Crippen LogP contribution >= 0.6 is 0 Å². The summed E-state index contributed by atoms with van der Waals surface area (Å²) < 4.78 is 5.26. The minimum atomic E-state index is 0.0932. The summed E-state index contributed by atoms with van der Waals surface area (Å²) in [4.78, 5) is 2.27. The maximum Gasteiger partial charge on any atom is 0.143 e. The molecule has 0 radical (unpaired) electrons. The number of hydrogen-bond acceptors (Lipinski definition) is 4. The highest BCUT2D eigenvalue weighted by Crippen LogP contribution is 2.13. The normalized spacial score (nSPS) is 26.7. The van der Waals surface area contributed by atoms with Crippen molar-refractivity contribution in [3.8, 4) is 0 Å². The molecular formula is C9H19N3O2. The van der Waals surface area contributed by atoms with Crippen LogP contribution < -0.4 is 5.73 Å². The number of amidine groups is 1. The minimum Gasteiger partial charge on any atom is -0.409 e. The molecule has 2 unspecified atom stereocenters. The standard InChI is InChI=1S/C9H19N3O2/c1-7(9(10)11-13)5-12-4-3-8(6-12)14-2/h7-8,13H,3-6H2,1-2H3,(H2,10,11). The Morgan fingerprint density at radius 2 is 2.50 bits per heavy atom. The van der Waals surface area contributed by atoms with Crippen molar-refractivity contribution in [2.75, 3.05) is 26.7 Å². The molecule has 1 saturated heterocycles. The molecule has 1 fully saturated rings. The van der Waals surface area contributed by atoms with Gasteiger partial charge >= 0.3 is 0 Å². The minimum absolute atomic E-state index is 0.0932. The number of oxime groups is 1. The van der Waals surface area contributed by atoms with Gasteiger partial charge in [-0.15, -0.1) is 0 Å². The number of ether oxygens (including phenoxy) is 1. The fraction of sp³-hybridized carbons (Fsp3) is 0.889. The highest BCUT2D eigenvalue weighted by molar-refractivity contribution is 5.82. The van der Waals surface area contributed by atoms with Crippen LogP contribution in [0.4, 0.5) is 0 Å². The molecular weight excluding hydrogens is 182 g/mol. The molecule has 0 aromatic heterocycles. The first-order valence-electron chi connectivity index (χ1n) is 4.90. The van der Waals surface area contributed by atoms with Gasteiger partial charge in [-0.1, -0.05) is 12.1 Å². The van der Waals surface area contributed by atoms with Gasteiger partial charge in [-0.25, -0.2) is 0 Å². The van der Waals surface area contributed by atoms with E-state index >= 15 is 0 Å². The lowest BCUT2D eigenvalue weighted by Gasteiger charge is -2.19. The molecule has 0 aliphatic carbocycles. The van der Waals surface area contributed by atoms with Gasteiger partial charge in [-0.05, 0) is 6.42 Å². The van der Waals surface area contributed by atoms with Gasteiger partial charge in [-0.3, -0.25) is 4.90 Å². The Kier molecular flexibility index (Phi) is 4.16. The maximum atomic E-state index is 8.50. The Bertz CT molecular complexity index is 208. The summed E-state index contributed by atoms with van der Waals surface area (Å²) in [5.74, 6) is 0.390. The van der Waals surface area contributed by atoms with E-state index in [1.54, 1.807) is 7.11 Å². The third-order valence-corrected chi connectivity index (χ3v) is 2.71. The number of rotatable bonds is 4. The monoisotopic (exact) mass is 201 g/mol. The SMILES string of the molecule is COC1CCN(CC(C)C(N)=NO)C1. The van der Waals surface area contributed by atoms with Crippen LogP contribution in [0, 0.1) is 5.92 Å². The fourth-order valence-corrected chi connectivity index (χ4v) is 1.73. The lowest BCUT2D eigenvalue weighted by atomic mass is 10.1. The van der Waals surface area contributed by atoms with Crippen molar-refractivity contribution in [3.63, 3.8) is 0 Å². The Hall–Kier alpha value is -0.810. The number of hydrogen-bond donors (Lipinski definition) is 2. The molecule has 1 rings (SSSR count). The largest absolute Gasteiger partial charge is 0.409 e. The van der Waals surface area contributed by atoms with E-state index in [-0.39, 0.29) is 5.92 Å². The van der Waals surface area contributed by atoms with Crippen molar-refractivity contribution in [1.29, 1.82) is 0 Å². The van der Waals surface area contributed by atoms with Gasteiger partial charge in [0.25, 0.3) is 0 Å². The summed E-state index contributed by atoms with van der Waals surface area (Å²) in [7, 11) is 1.74. The second-order valence-electron chi connectivity index (χ2n) is 3.83. The summed E-state index contributed by atoms with van der Waals surface area (Å²) in [5.41, 5.74) is 5.50. The average Bonchev–Trinajstić information content (AvgIpc) is 2.64. The molecule has 5 nitrogen and oxygen atoms in total. The molecule has 0 bridgehead atoms. The highest BCUT2D eigenvalue weighted by Gasteiger charge is 2.23. The van der Waals surface area contributed by atoms with E-state index in [9.17, 15) is 0 Å². The zero-order valence-electron chi connectivity index (χ0n) is 8.81. The van der Waals surface area contributed by atoms with Gasteiger partial charge in [0.05, 0.1) is 6.10 Å². The summed E-state index contributed by atoms with van der Waals surface area (Å²) in [6.45, 7) is 4.76. The lowest BCUT2D eigenvalue weighted by Crippen LogP contribution is -2.34. The fourth-order valence-electron chi connectivity index (χ4n) is 1.73. The molecule has 3 N–H and O–H groups in total. The number of methoxy groups -OCH3 is 1. The Balaban J connectivity index is 2.32. The van der Waals surface area contributed by atoms with Crippen molar-refractivity contribution < 1.29 is 9.94 Å². The van der Waals surface area contributed by atoms with Crippen molar-refractivity contribution in [1.82, 2.24) is 4.90 Å². The topological polar surface area (TPSA) is 71.1 Å². The molecule has 2 atom stereocenters. The van der Waals surface area contributed by atoms with Gasteiger partial charge < -0.3 is 15.7 Å². The summed E-state index contributed by atoms with van der Waals surface area (Å²) in [6, 6.07) is 0. The van der Waals surface area contributed by atoms with E-state index in [1.807, 2.05) is 6.92 Å². The number of nitrogens with two attached hydrogens (primary N) is 1. The maximum absolute atomic E-state index is 8.50. The van der Waals surface area contributed by atoms with Crippen molar-refractivity contribution in [2.24, 2.45) is 16.8 Å². The summed E-state index contributed by atoms with van der Waals surface area (Å²) in [6.07, 6.45) is 1.41. The predicted molar refractivity (Wildman–Crippen MR) is 54.4 cm³/mol. The Morgan fingerprint density at radius 1 is 1.79 bits per heavy atom. The molecule has 14 heavy (non-hydrogen) atoms. The van der Waals surface area contributed by atoms with Crippen LogP contribution in [0.15, 0.2) is 5.16 Å². The van der Waals surface area contributed by atoms with E-state index in [2.05, 4.69) is 10.1 Å². The third-order valence-electron chi connectivity index (χ3n) is 2.71. The van der Waals surface area contributed by atoms with E-state index in [4.69, 9.17) is 15.7 Å². The van der Waals surface area contributed by atoms with Gasteiger partial charge in [0.2, 0.25) is 0 Å². The molecule has 0 saturated carbocycles. The zero-order valence-corrected chi connectivity index (χ0v) is 8.81. The van der Waals surface area contributed by atoms with Gasteiger partial charge in [-0.2, -0.15) is 0 Å². The first kappa shape index (κ1) is 11.3. The molecule has 0 spiro atoms. The molecule has 0 aromatic carbocycles.